The molecule has 0 saturated carbocycles. The molecule has 0 radical (unpaired) electrons. The summed E-state index contributed by atoms with van der Waals surface area (Å²) in [5.41, 5.74) is 0.971. The van der Waals surface area contributed by atoms with E-state index in [-0.39, 0.29) is 12.4 Å². The first-order chi connectivity index (χ1) is 5.74. The van der Waals surface area contributed by atoms with Crippen LogP contribution in [0.15, 0.2) is 18.2 Å². The van der Waals surface area contributed by atoms with E-state index in [1.807, 2.05) is 6.07 Å². The molecule has 13 heavy (non-hydrogen) atoms. The molecular formula is C8H10Cl3NS. The molecule has 0 aliphatic carbocycles. The minimum Gasteiger partial charge on any atom is -0.384 e. The Hall–Kier alpha value is 0.240. The fourth-order valence-electron chi connectivity index (χ4n) is 0.806. The van der Waals surface area contributed by atoms with Crippen molar-refractivity contribution in [1.82, 2.24) is 0 Å². The van der Waals surface area contributed by atoms with Gasteiger partial charge in [0, 0.05) is 18.0 Å². The van der Waals surface area contributed by atoms with E-state index < -0.39 is 0 Å². The summed E-state index contributed by atoms with van der Waals surface area (Å²) in [6.45, 7) is 0.821. The highest BCUT2D eigenvalue weighted by Gasteiger charge is 1.97. The van der Waals surface area contributed by atoms with Crippen molar-refractivity contribution in [3.63, 3.8) is 0 Å². The first-order valence-corrected chi connectivity index (χ1v) is 4.92. The first kappa shape index (κ1) is 13.2. The van der Waals surface area contributed by atoms with Gasteiger partial charge in [0.15, 0.2) is 0 Å². The quantitative estimate of drug-likeness (QED) is 0.787. The molecule has 1 nitrogen and oxygen atoms in total. The largest absolute Gasteiger partial charge is 0.384 e. The third-order valence-corrected chi connectivity index (χ3v) is 2.32. The summed E-state index contributed by atoms with van der Waals surface area (Å²) in [5, 5.41) is 4.29. The van der Waals surface area contributed by atoms with Gasteiger partial charge < -0.3 is 5.32 Å². The van der Waals surface area contributed by atoms with Gasteiger partial charge in [0.1, 0.15) is 0 Å². The SMILES string of the molecule is Cl.SCCNc1ccc(Cl)c(Cl)c1. The fourth-order valence-corrected chi connectivity index (χ4v) is 1.22. The van der Waals surface area contributed by atoms with Crippen molar-refractivity contribution in [2.75, 3.05) is 17.6 Å². The summed E-state index contributed by atoms with van der Waals surface area (Å²) in [6.07, 6.45) is 0. The highest BCUT2D eigenvalue weighted by Crippen LogP contribution is 2.24. The van der Waals surface area contributed by atoms with E-state index in [9.17, 15) is 0 Å². The Balaban J connectivity index is 0.00000144. The Morgan fingerprint density at radius 2 is 1.92 bits per heavy atom. The average molecular weight is 259 g/mol. The van der Waals surface area contributed by atoms with Crippen molar-refractivity contribution in [1.29, 1.82) is 0 Å². The zero-order chi connectivity index (χ0) is 8.97. The minimum atomic E-state index is 0. The standard InChI is InChI=1S/C8H9Cl2NS.ClH/c9-7-2-1-6(5-8(7)10)11-3-4-12;/h1-2,5,11-12H,3-4H2;1H. The van der Waals surface area contributed by atoms with Crippen LogP contribution in [-0.2, 0) is 0 Å². The van der Waals surface area contributed by atoms with Gasteiger partial charge in [0.25, 0.3) is 0 Å². The number of hydrogen-bond acceptors (Lipinski definition) is 2. The second-order valence-corrected chi connectivity index (χ2v) is 3.54. The summed E-state index contributed by atoms with van der Waals surface area (Å²) in [7, 11) is 0. The van der Waals surface area contributed by atoms with Crippen LogP contribution >= 0.6 is 48.2 Å². The topological polar surface area (TPSA) is 12.0 Å². The Bertz CT molecular complexity index is 268. The van der Waals surface area contributed by atoms with E-state index in [1.54, 1.807) is 12.1 Å². The molecule has 5 heteroatoms. The van der Waals surface area contributed by atoms with Crippen LogP contribution in [-0.4, -0.2) is 12.3 Å². The van der Waals surface area contributed by atoms with Crippen LogP contribution in [0.4, 0.5) is 5.69 Å². The smallest absolute Gasteiger partial charge is 0.0612 e. The minimum absolute atomic E-state index is 0. The molecule has 1 aromatic rings. The highest BCUT2D eigenvalue weighted by atomic mass is 35.5. The number of benzene rings is 1. The van der Waals surface area contributed by atoms with Crippen LogP contribution in [0, 0.1) is 0 Å². The van der Waals surface area contributed by atoms with Crippen molar-refractivity contribution < 1.29 is 0 Å². The first-order valence-electron chi connectivity index (χ1n) is 3.54. The number of hydrogen-bond donors (Lipinski definition) is 2. The lowest BCUT2D eigenvalue weighted by Crippen LogP contribution is -2.01. The number of thiol groups is 1. The summed E-state index contributed by atoms with van der Waals surface area (Å²) in [4.78, 5) is 0. The summed E-state index contributed by atoms with van der Waals surface area (Å²) >= 11 is 15.6. The summed E-state index contributed by atoms with van der Waals surface area (Å²) in [6, 6.07) is 5.45. The van der Waals surface area contributed by atoms with Crippen LogP contribution in [0.2, 0.25) is 10.0 Å². The number of halogens is 3. The van der Waals surface area contributed by atoms with Gasteiger partial charge in [0.2, 0.25) is 0 Å². The van der Waals surface area contributed by atoms with Gasteiger partial charge >= 0.3 is 0 Å². The molecule has 0 aliphatic heterocycles. The molecule has 0 atom stereocenters. The van der Waals surface area contributed by atoms with E-state index in [4.69, 9.17) is 23.2 Å². The van der Waals surface area contributed by atoms with Crippen molar-refractivity contribution in [3.05, 3.63) is 28.2 Å². The molecule has 0 amide bonds. The van der Waals surface area contributed by atoms with Gasteiger partial charge in [-0.15, -0.1) is 12.4 Å². The lowest BCUT2D eigenvalue weighted by atomic mass is 10.3. The van der Waals surface area contributed by atoms with Crippen molar-refractivity contribution in [2.24, 2.45) is 0 Å². The average Bonchev–Trinajstić information content (AvgIpc) is 2.07. The molecule has 0 spiro atoms. The maximum absolute atomic E-state index is 5.80. The van der Waals surface area contributed by atoms with E-state index >= 15 is 0 Å². The lowest BCUT2D eigenvalue weighted by molar-refractivity contribution is 1.23. The van der Waals surface area contributed by atoms with Gasteiger partial charge in [-0.3, -0.25) is 0 Å². The maximum atomic E-state index is 5.80. The van der Waals surface area contributed by atoms with Crippen LogP contribution in [0.25, 0.3) is 0 Å². The summed E-state index contributed by atoms with van der Waals surface area (Å²) < 4.78 is 0. The highest BCUT2D eigenvalue weighted by molar-refractivity contribution is 7.80. The third kappa shape index (κ3) is 4.32. The molecule has 0 unspecified atom stereocenters. The second kappa shape index (κ2) is 6.66. The van der Waals surface area contributed by atoms with E-state index in [2.05, 4.69) is 17.9 Å². The Morgan fingerprint density at radius 3 is 2.46 bits per heavy atom. The van der Waals surface area contributed by atoms with Crippen LogP contribution in [0.1, 0.15) is 0 Å². The molecule has 1 N–H and O–H groups in total. The lowest BCUT2D eigenvalue weighted by Gasteiger charge is -2.04. The van der Waals surface area contributed by atoms with Crippen molar-refractivity contribution >= 4 is 53.9 Å². The second-order valence-electron chi connectivity index (χ2n) is 2.28. The molecule has 0 aromatic heterocycles. The Kier molecular flexibility index (Phi) is 6.78. The number of anilines is 1. The zero-order valence-corrected chi connectivity index (χ0v) is 9.98. The van der Waals surface area contributed by atoms with Crippen LogP contribution in [0.5, 0.6) is 0 Å². The molecule has 0 heterocycles. The van der Waals surface area contributed by atoms with Gasteiger partial charge in [-0.2, -0.15) is 12.6 Å². The number of nitrogens with one attached hydrogen (secondary N) is 1. The number of rotatable bonds is 3. The van der Waals surface area contributed by atoms with Gasteiger partial charge in [0.05, 0.1) is 10.0 Å². The molecule has 0 saturated heterocycles. The Labute approximate surface area is 99.6 Å². The summed E-state index contributed by atoms with van der Waals surface area (Å²) in [5.74, 6) is 0.792. The molecular weight excluding hydrogens is 249 g/mol. The van der Waals surface area contributed by atoms with Crippen molar-refractivity contribution in [2.45, 2.75) is 0 Å². The molecule has 1 rings (SSSR count). The monoisotopic (exact) mass is 257 g/mol. The van der Waals surface area contributed by atoms with E-state index in [1.165, 1.54) is 0 Å². The molecule has 0 bridgehead atoms. The predicted octanol–water partition coefficient (Wildman–Crippen LogP) is 3.76. The molecule has 74 valence electrons. The van der Waals surface area contributed by atoms with E-state index in [0.29, 0.717) is 10.0 Å². The molecule has 1 aromatic carbocycles. The normalized spacial score (nSPS) is 9.15. The fraction of sp³-hybridized carbons (Fsp3) is 0.250. The predicted molar refractivity (Wildman–Crippen MR) is 66.1 cm³/mol. The van der Waals surface area contributed by atoms with Crippen LogP contribution in [0.3, 0.4) is 0 Å². The third-order valence-electron chi connectivity index (χ3n) is 1.36. The Morgan fingerprint density at radius 1 is 1.23 bits per heavy atom. The van der Waals surface area contributed by atoms with Gasteiger partial charge in [-0.25, -0.2) is 0 Å². The van der Waals surface area contributed by atoms with Gasteiger partial charge in [-0.05, 0) is 18.2 Å². The van der Waals surface area contributed by atoms with E-state index in [0.717, 1.165) is 18.0 Å². The van der Waals surface area contributed by atoms with Gasteiger partial charge in [-0.1, -0.05) is 23.2 Å². The molecule has 0 aliphatic rings. The van der Waals surface area contributed by atoms with Crippen LogP contribution < -0.4 is 5.32 Å². The maximum Gasteiger partial charge on any atom is 0.0612 e. The molecule has 0 fully saturated rings. The van der Waals surface area contributed by atoms with Crippen molar-refractivity contribution in [3.8, 4) is 0 Å². The zero-order valence-electron chi connectivity index (χ0n) is 6.76.